The van der Waals surface area contributed by atoms with Gasteiger partial charge >= 0.3 is 0 Å². The number of hydrogen-bond donors (Lipinski definition) is 1. The van der Waals surface area contributed by atoms with Gasteiger partial charge in [0.2, 0.25) is 5.95 Å². The van der Waals surface area contributed by atoms with Crippen molar-refractivity contribution in [3.05, 3.63) is 36.4 Å². The number of nitrogens with zero attached hydrogens (tertiary/aromatic N) is 5. The molecular formula is C17H24N6O. The van der Waals surface area contributed by atoms with E-state index in [1.54, 1.807) is 12.4 Å². The fraction of sp³-hybridized carbons (Fsp3) is 0.588. The third-order valence-electron chi connectivity index (χ3n) is 5.02. The standard InChI is InChI=1S/C17H24N6O/c1-2-23-9-13(6-21-23)8-22-10-15-14(12-24-16(15)11-22)7-20-17-18-4-3-5-19-17/h3-6,9,14-16H,2,7-8,10-12H2,1H3,(H,18,19,20)/t14-,15+,16+/m0/s1. The van der Waals surface area contributed by atoms with Crippen LogP contribution in [0.5, 0.6) is 0 Å². The van der Waals surface area contributed by atoms with Gasteiger partial charge in [-0.25, -0.2) is 9.97 Å². The minimum Gasteiger partial charge on any atom is -0.376 e. The zero-order valence-corrected chi connectivity index (χ0v) is 14.0. The van der Waals surface area contributed by atoms with Crippen LogP contribution >= 0.6 is 0 Å². The number of fused-ring (bicyclic) bond motifs is 1. The third kappa shape index (κ3) is 3.27. The number of ether oxygens (including phenoxy) is 1. The van der Waals surface area contributed by atoms with Crippen LogP contribution in [0.1, 0.15) is 12.5 Å². The highest BCUT2D eigenvalue weighted by Gasteiger charge is 2.43. The van der Waals surface area contributed by atoms with Gasteiger partial charge in [0.05, 0.1) is 18.9 Å². The highest BCUT2D eigenvalue weighted by molar-refractivity contribution is 5.22. The van der Waals surface area contributed by atoms with Crippen LogP contribution in [-0.4, -0.2) is 57.0 Å². The Hall–Kier alpha value is -1.99. The molecule has 7 heteroatoms. The van der Waals surface area contributed by atoms with E-state index in [9.17, 15) is 0 Å². The van der Waals surface area contributed by atoms with E-state index in [0.29, 0.717) is 23.9 Å². The molecule has 0 bridgehead atoms. The Morgan fingerprint density at radius 3 is 2.96 bits per heavy atom. The van der Waals surface area contributed by atoms with Crippen molar-refractivity contribution in [2.75, 3.05) is 31.6 Å². The third-order valence-corrected chi connectivity index (χ3v) is 5.02. The monoisotopic (exact) mass is 328 g/mol. The Morgan fingerprint density at radius 1 is 1.29 bits per heavy atom. The molecule has 0 amide bonds. The Morgan fingerprint density at radius 2 is 2.17 bits per heavy atom. The van der Waals surface area contributed by atoms with Crippen LogP contribution in [0, 0.1) is 11.8 Å². The number of nitrogens with one attached hydrogen (secondary N) is 1. The largest absolute Gasteiger partial charge is 0.376 e. The van der Waals surface area contributed by atoms with Crippen LogP contribution in [-0.2, 0) is 17.8 Å². The van der Waals surface area contributed by atoms with Crippen molar-refractivity contribution in [1.29, 1.82) is 0 Å². The lowest BCUT2D eigenvalue weighted by molar-refractivity contribution is 0.0946. The van der Waals surface area contributed by atoms with Crippen molar-refractivity contribution in [2.45, 2.75) is 26.1 Å². The van der Waals surface area contributed by atoms with Crippen LogP contribution in [0.3, 0.4) is 0 Å². The molecule has 7 nitrogen and oxygen atoms in total. The fourth-order valence-electron chi connectivity index (χ4n) is 3.75. The smallest absolute Gasteiger partial charge is 0.222 e. The molecule has 2 saturated heterocycles. The molecular weight excluding hydrogens is 304 g/mol. The van der Waals surface area contributed by atoms with E-state index < -0.39 is 0 Å². The van der Waals surface area contributed by atoms with Gasteiger partial charge in [-0.1, -0.05) is 0 Å². The van der Waals surface area contributed by atoms with E-state index in [-0.39, 0.29) is 0 Å². The van der Waals surface area contributed by atoms with Gasteiger partial charge in [0.25, 0.3) is 0 Å². The van der Waals surface area contributed by atoms with E-state index in [1.165, 1.54) is 5.56 Å². The van der Waals surface area contributed by atoms with Crippen LogP contribution in [0.4, 0.5) is 5.95 Å². The number of anilines is 1. The van der Waals surface area contributed by atoms with Gasteiger partial charge in [0.1, 0.15) is 0 Å². The molecule has 0 spiro atoms. The summed E-state index contributed by atoms with van der Waals surface area (Å²) in [5.41, 5.74) is 1.28. The lowest BCUT2D eigenvalue weighted by Gasteiger charge is -2.19. The highest BCUT2D eigenvalue weighted by Crippen LogP contribution is 2.34. The number of aryl methyl sites for hydroxylation is 1. The molecule has 2 aromatic heterocycles. The van der Waals surface area contributed by atoms with Crippen LogP contribution in [0.25, 0.3) is 0 Å². The van der Waals surface area contributed by atoms with Crippen molar-refractivity contribution in [3.8, 4) is 0 Å². The van der Waals surface area contributed by atoms with Crippen molar-refractivity contribution in [3.63, 3.8) is 0 Å². The maximum absolute atomic E-state index is 6.03. The Labute approximate surface area is 142 Å². The first-order chi connectivity index (χ1) is 11.8. The molecule has 128 valence electrons. The van der Waals surface area contributed by atoms with Gasteiger partial charge in [0.15, 0.2) is 0 Å². The summed E-state index contributed by atoms with van der Waals surface area (Å²) in [6, 6.07) is 1.83. The molecule has 0 radical (unpaired) electrons. The molecule has 2 aromatic rings. The molecule has 0 saturated carbocycles. The summed E-state index contributed by atoms with van der Waals surface area (Å²) in [7, 11) is 0. The lowest BCUT2D eigenvalue weighted by Crippen LogP contribution is -2.27. The van der Waals surface area contributed by atoms with Gasteiger partial charge in [-0.15, -0.1) is 0 Å². The molecule has 2 fully saturated rings. The first-order valence-electron chi connectivity index (χ1n) is 8.68. The van der Waals surface area contributed by atoms with Crippen LogP contribution in [0.15, 0.2) is 30.9 Å². The van der Waals surface area contributed by atoms with Crippen LogP contribution in [0.2, 0.25) is 0 Å². The molecule has 3 atom stereocenters. The van der Waals surface area contributed by atoms with E-state index in [4.69, 9.17) is 4.74 Å². The lowest BCUT2D eigenvalue weighted by atomic mass is 9.93. The molecule has 24 heavy (non-hydrogen) atoms. The molecule has 2 aliphatic rings. The average Bonchev–Trinajstić information content (AvgIpc) is 3.30. The second-order valence-electron chi connectivity index (χ2n) is 6.65. The summed E-state index contributed by atoms with van der Waals surface area (Å²) in [6.07, 6.45) is 7.99. The maximum Gasteiger partial charge on any atom is 0.222 e. The molecule has 0 aliphatic carbocycles. The number of aromatic nitrogens is 4. The Bertz CT molecular complexity index is 660. The van der Waals surface area contributed by atoms with Gasteiger partial charge in [-0.2, -0.15) is 5.10 Å². The minimum atomic E-state index is 0.356. The van der Waals surface area contributed by atoms with Crippen LogP contribution < -0.4 is 5.32 Å². The summed E-state index contributed by atoms with van der Waals surface area (Å²) in [6.45, 7) is 7.79. The van der Waals surface area contributed by atoms with Crippen molar-refractivity contribution in [2.24, 2.45) is 11.8 Å². The van der Waals surface area contributed by atoms with E-state index in [2.05, 4.69) is 38.4 Å². The second kappa shape index (κ2) is 6.86. The Balaban J connectivity index is 1.31. The van der Waals surface area contributed by atoms with Gasteiger partial charge in [-0.3, -0.25) is 9.58 Å². The normalized spacial score (nSPS) is 26.6. The Kier molecular flexibility index (Phi) is 4.44. The number of hydrogen-bond acceptors (Lipinski definition) is 6. The maximum atomic E-state index is 6.03. The molecule has 0 unspecified atom stereocenters. The van der Waals surface area contributed by atoms with E-state index in [0.717, 1.165) is 39.3 Å². The number of rotatable bonds is 6. The zero-order valence-electron chi connectivity index (χ0n) is 14.0. The molecule has 4 heterocycles. The highest BCUT2D eigenvalue weighted by atomic mass is 16.5. The molecule has 1 N–H and O–H groups in total. The first kappa shape index (κ1) is 15.5. The minimum absolute atomic E-state index is 0.356. The quantitative estimate of drug-likeness (QED) is 0.861. The predicted molar refractivity (Wildman–Crippen MR) is 90.4 cm³/mol. The SMILES string of the molecule is CCn1cc(CN2C[C@@H]3[C@@H](CNc4ncccn4)CO[C@@H]3C2)cn1. The summed E-state index contributed by atoms with van der Waals surface area (Å²) in [5.74, 6) is 1.80. The van der Waals surface area contributed by atoms with Gasteiger partial charge < -0.3 is 10.1 Å². The predicted octanol–water partition coefficient (Wildman–Crippen LogP) is 1.25. The van der Waals surface area contributed by atoms with E-state index >= 15 is 0 Å². The summed E-state index contributed by atoms with van der Waals surface area (Å²) < 4.78 is 8.01. The molecule has 4 rings (SSSR count). The summed E-state index contributed by atoms with van der Waals surface area (Å²) in [5, 5.41) is 7.70. The van der Waals surface area contributed by atoms with Crippen molar-refractivity contribution >= 4 is 5.95 Å². The molecule has 2 aliphatic heterocycles. The van der Waals surface area contributed by atoms with E-state index in [1.807, 2.05) is 16.9 Å². The topological polar surface area (TPSA) is 68.1 Å². The summed E-state index contributed by atoms with van der Waals surface area (Å²) >= 11 is 0. The van der Waals surface area contributed by atoms with Crippen molar-refractivity contribution in [1.82, 2.24) is 24.6 Å². The first-order valence-corrected chi connectivity index (χ1v) is 8.68. The fourth-order valence-corrected chi connectivity index (χ4v) is 3.75. The summed E-state index contributed by atoms with van der Waals surface area (Å²) in [4.78, 5) is 10.9. The average molecular weight is 328 g/mol. The van der Waals surface area contributed by atoms with Crippen molar-refractivity contribution < 1.29 is 4.74 Å². The number of likely N-dealkylation sites (tertiary alicyclic amines) is 1. The molecule has 0 aromatic carbocycles. The van der Waals surface area contributed by atoms with Gasteiger partial charge in [-0.05, 0) is 13.0 Å². The zero-order chi connectivity index (χ0) is 16.4. The second-order valence-corrected chi connectivity index (χ2v) is 6.65. The van der Waals surface area contributed by atoms with Gasteiger partial charge in [0, 0.05) is 68.7 Å².